The molecule has 1 aromatic heterocycles. The highest BCUT2D eigenvalue weighted by Crippen LogP contribution is 2.19. The lowest BCUT2D eigenvalue weighted by Gasteiger charge is -2.26. The maximum atomic E-state index is 13.7. The Hall–Kier alpha value is -2.41. The molecule has 0 aliphatic rings. The van der Waals surface area contributed by atoms with Crippen LogP contribution in [0.5, 0.6) is 5.75 Å². The van der Waals surface area contributed by atoms with Crippen molar-refractivity contribution in [2.24, 2.45) is 0 Å². The molecular weight excluding hydrogens is 414 g/mol. The Bertz CT molecular complexity index is 815. The normalized spacial score (nSPS) is 12.2. The number of halogens is 2. The van der Waals surface area contributed by atoms with Gasteiger partial charge in [-0.05, 0) is 57.1 Å². The number of furan rings is 1. The molecule has 1 atom stereocenters. The Morgan fingerprint density at radius 1 is 1.06 bits per heavy atom. The Balaban J connectivity index is 1.84. The average molecular weight is 451 g/mol. The van der Waals surface area contributed by atoms with Crippen LogP contribution in [-0.4, -0.2) is 36.5 Å². The van der Waals surface area contributed by atoms with Crippen LogP contribution in [0.1, 0.15) is 75.6 Å². The van der Waals surface area contributed by atoms with Crippen LogP contribution in [0.15, 0.2) is 34.7 Å². The first kappa shape index (κ1) is 25.8. The van der Waals surface area contributed by atoms with Gasteiger partial charge in [-0.25, -0.2) is 8.78 Å². The number of rotatable bonds is 15. The third-order valence-electron chi connectivity index (χ3n) is 5.21. The summed E-state index contributed by atoms with van der Waals surface area (Å²) < 4.78 is 37.5. The van der Waals surface area contributed by atoms with Crippen molar-refractivity contribution < 1.29 is 22.7 Å². The van der Waals surface area contributed by atoms with Crippen molar-refractivity contribution in [3.63, 3.8) is 0 Å². The van der Waals surface area contributed by atoms with Crippen LogP contribution in [0.3, 0.4) is 0 Å². The van der Waals surface area contributed by atoms with Crippen LogP contribution in [0.2, 0.25) is 0 Å². The zero-order chi connectivity index (χ0) is 23.3. The van der Waals surface area contributed by atoms with Crippen molar-refractivity contribution in [2.75, 3.05) is 19.6 Å². The molecule has 1 unspecified atom stereocenters. The minimum absolute atomic E-state index is 0.0242. The summed E-state index contributed by atoms with van der Waals surface area (Å²) in [5, 5.41) is 2.99. The number of nitrogens with one attached hydrogen (secondary N) is 1. The molecule has 0 spiro atoms. The molecule has 0 aliphatic heterocycles. The smallest absolute Gasteiger partial charge is 0.287 e. The highest BCUT2D eigenvalue weighted by Gasteiger charge is 2.17. The van der Waals surface area contributed by atoms with Gasteiger partial charge in [0, 0.05) is 18.7 Å². The second-order valence-electron chi connectivity index (χ2n) is 8.22. The molecule has 0 fully saturated rings. The van der Waals surface area contributed by atoms with Gasteiger partial charge in [0.25, 0.3) is 5.91 Å². The number of ether oxygens (including phenoxy) is 1. The van der Waals surface area contributed by atoms with E-state index in [-0.39, 0.29) is 30.1 Å². The van der Waals surface area contributed by atoms with Crippen LogP contribution in [0.4, 0.5) is 8.78 Å². The van der Waals surface area contributed by atoms with Crippen LogP contribution >= 0.6 is 0 Å². The van der Waals surface area contributed by atoms with E-state index in [1.807, 2.05) is 6.92 Å². The lowest BCUT2D eigenvalue weighted by molar-refractivity contribution is 0.0896. The maximum Gasteiger partial charge on any atom is 0.287 e. The summed E-state index contributed by atoms with van der Waals surface area (Å²) >= 11 is 0. The molecule has 1 aromatic carbocycles. The fraction of sp³-hybridized carbons (Fsp3) is 0.560. The molecule has 1 N–H and O–H groups in total. The molecule has 1 heterocycles. The Morgan fingerprint density at radius 3 is 2.38 bits per heavy atom. The molecule has 0 radical (unpaired) electrons. The molecule has 32 heavy (non-hydrogen) atoms. The first-order valence-electron chi connectivity index (χ1n) is 11.6. The highest BCUT2D eigenvalue weighted by molar-refractivity contribution is 5.91. The molecular formula is C25H36F2N2O3. The van der Waals surface area contributed by atoms with E-state index in [9.17, 15) is 13.6 Å². The topological polar surface area (TPSA) is 54.7 Å². The van der Waals surface area contributed by atoms with E-state index in [0.717, 1.165) is 31.8 Å². The standard InChI is InChI=1S/C25H36F2N2O3/c1-4-6-8-14-29(15-9-7-5-2)17-19(3)28-25(30)24-13-11-21(32-24)18-31-23-12-10-20(26)16-22(23)27/h10-13,16,19H,4-9,14-15,17-18H2,1-3H3,(H,28,30). The van der Waals surface area contributed by atoms with Crippen LogP contribution < -0.4 is 10.1 Å². The van der Waals surface area contributed by atoms with Crippen molar-refractivity contribution in [3.8, 4) is 5.75 Å². The van der Waals surface area contributed by atoms with Gasteiger partial charge in [0.15, 0.2) is 17.3 Å². The predicted octanol–water partition coefficient (Wildman–Crippen LogP) is 5.94. The number of benzene rings is 1. The third kappa shape index (κ3) is 8.99. The maximum absolute atomic E-state index is 13.7. The number of hydrogen-bond acceptors (Lipinski definition) is 4. The second-order valence-corrected chi connectivity index (χ2v) is 8.22. The SMILES string of the molecule is CCCCCN(CCCCC)CC(C)NC(=O)c1ccc(COc2ccc(F)cc2F)o1. The van der Waals surface area contributed by atoms with Gasteiger partial charge in [-0.3, -0.25) is 4.79 Å². The van der Waals surface area contributed by atoms with Gasteiger partial charge in [-0.2, -0.15) is 0 Å². The average Bonchev–Trinajstić information content (AvgIpc) is 3.22. The van der Waals surface area contributed by atoms with E-state index in [0.29, 0.717) is 5.76 Å². The number of carbonyl (C=O) groups excluding carboxylic acids is 1. The summed E-state index contributed by atoms with van der Waals surface area (Å²) in [6.45, 7) is 9.20. The number of unbranched alkanes of at least 4 members (excludes halogenated alkanes) is 4. The fourth-order valence-electron chi connectivity index (χ4n) is 3.51. The summed E-state index contributed by atoms with van der Waals surface area (Å²) in [6, 6.07) is 6.25. The minimum atomic E-state index is -0.786. The quantitative estimate of drug-likeness (QED) is 0.341. The molecule has 178 valence electrons. The lowest BCUT2D eigenvalue weighted by atomic mass is 10.2. The third-order valence-corrected chi connectivity index (χ3v) is 5.21. The molecule has 2 aromatic rings. The Morgan fingerprint density at radius 2 is 1.75 bits per heavy atom. The molecule has 0 saturated carbocycles. The highest BCUT2D eigenvalue weighted by atomic mass is 19.1. The first-order valence-corrected chi connectivity index (χ1v) is 11.6. The van der Waals surface area contributed by atoms with Crippen LogP contribution in [-0.2, 0) is 6.61 Å². The summed E-state index contributed by atoms with van der Waals surface area (Å²) in [4.78, 5) is 15.0. The van der Waals surface area contributed by atoms with Gasteiger partial charge < -0.3 is 19.4 Å². The van der Waals surface area contributed by atoms with Gasteiger partial charge in [0.05, 0.1) is 0 Å². The van der Waals surface area contributed by atoms with Crippen LogP contribution in [0.25, 0.3) is 0 Å². The van der Waals surface area contributed by atoms with Crippen molar-refractivity contribution in [1.29, 1.82) is 0 Å². The van der Waals surface area contributed by atoms with E-state index in [1.165, 1.54) is 44.6 Å². The van der Waals surface area contributed by atoms with E-state index in [4.69, 9.17) is 9.15 Å². The molecule has 5 nitrogen and oxygen atoms in total. The zero-order valence-corrected chi connectivity index (χ0v) is 19.5. The molecule has 0 aliphatic carbocycles. The number of hydrogen-bond donors (Lipinski definition) is 1. The van der Waals surface area contributed by atoms with Crippen molar-refractivity contribution >= 4 is 5.91 Å². The monoisotopic (exact) mass is 450 g/mol. The molecule has 0 saturated heterocycles. The van der Waals surface area contributed by atoms with Crippen LogP contribution in [0, 0.1) is 11.6 Å². The number of nitrogens with zero attached hydrogens (tertiary/aromatic N) is 1. The van der Waals surface area contributed by atoms with Gasteiger partial charge in [-0.15, -0.1) is 0 Å². The van der Waals surface area contributed by atoms with E-state index in [1.54, 1.807) is 12.1 Å². The summed E-state index contributed by atoms with van der Waals surface area (Å²) in [5.74, 6) is -1.26. The van der Waals surface area contributed by atoms with E-state index in [2.05, 4.69) is 24.1 Å². The predicted molar refractivity (Wildman–Crippen MR) is 122 cm³/mol. The van der Waals surface area contributed by atoms with Gasteiger partial charge >= 0.3 is 0 Å². The number of amides is 1. The molecule has 2 rings (SSSR count). The molecule has 0 bridgehead atoms. The van der Waals surface area contributed by atoms with Gasteiger partial charge in [-0.1, -0.05) is 39.5 Å². The van der Waals surface area contributed by atoms with E-state index >= 15 is 0 Å². The first-order chi connectivity index (χ1) is 15.4. The fourth-order valence-corrected chi connectivity index (χ4v) is 3.51. The van der Waals surface area contributed by atoms with Crippen molar-refractivity contribution in [3.05, 3.63) is 53.5 Å². The Labute approximate surface area is 190 Å². The van der Waals surface area contributed by atoms with Gasteiger partial charge in [0.2, 0.25) is 0 Å². The zero-order valence-electron chi connectivity index (χ0n) is 19.5. The molecule has 7 heteroatoms. The lowest BCUT2D eigenvalue weighted by Crippen LogP contribution is -2.42. The second kappa shape index (κ2) is 13.9. The summed E-state index contributed by atoms with van der Waals surface area (Å²) in [5.41, 5.74) is 0. The van der Waals surface area contributed by atoms with Crippen molar-refractivity contribution in [2.45, 2.75) is 71.9 Å². The summed E-state index contributed by atoms with van der Waals surface area (Å²) in [7, 11) is 0. The van der Waals surface area contributed by atoms with Gasteiger partial charge in [0.1, 0.15) is 18.2 Å². The number of carbonyl (C=O) groups is 1. The summed E-state index contributed by atoms with van der Waals surface area (Å²) in [6.07, 6.45) is 7.13. The minimum Gasteiger partial charge on any atom is -0.483 e. The largest absolute Gasteiger partial charge is 0.483 e. The molecule has 1 amide bonds. The Kier molecular flexibility index (Phi) is 11.2. The van der Waals surface area contributed by atoms with E-state index < -0.39 is 11.6 Å². The van der Waals surface area contributed by atoms with Crippen molar-refractivity contribution in [1.82, 2.24) is 10.2 Å².